The van der Waals surface area contributed by atoms with Gasteiger partial charge < -0.3 is 5.73 Å². The summed E-state index contributed by atoms with van der Waals surface area (Å²) < 4.78 is 13.5. The minimum Gasteiger partial charge on any atom is -0.384 e. The third kappa shape index (κ3) is 2.43. The molecule has 0 aliphatic carbocycles. The van der Waals surface area contributed by atoms with Crippen LogP contribution in [0.25, 0.3) is 10.9 Å². The number of pyridine rings is 1. The zero-order valence-corrected chi connectivity index (χ0v) is 10.9. The number of nitrogens with zero attached hydrogens (tertiary/aromatic N) is 1. The van der Waals surface area contributed by atoms with E-state index in [0.29, 0.717) is 16.7 Å². The van der Waals surface area contributed by atoms with Crippen LogP contribution in [0.2, 0.25) is 0 Å². The number of terminal acetylenes is 1. The highest BCUT2D eigenvalue weighted by Gasteiger charge is 2.10. The van der Waals surface area contributed by atoms with Crippen molar-refractivity contribution in [1.29, 1.82) is 0 Å². The van der Waals surface area contributed by atoms with Crippen LogP contribution in [-0.4, -0.2) is 4.98 Å². The van der Waals surface area contributed by atoms with Gasteiger partial charge in [0.2, 0.25) is 0 Å². The molecule has 0 spiro atoms. The number of benzene rings is 1. The summed E-state index contributed by atoms with van der Waals surface area (Å²) in [6.45, 7) is 5.97. The molecule has 0 unspecified atom stereocenters. The fourth-order valence-electron chi connectivity index (χ4n) is 1.83. The van der Waals surface area contributed by atoms with Crippen LogP contribution in [0.1, 0.15) is 31.9 Å². The molecular formula is C15H17FN2. The monoisotopic (exact) mass is 244 g/mol. The average molecular weight is 244 g/mol. The van der Waals surface area contributed by atoms with Gasteiger partial charge in [-0.2, -0.15) is 0 Å². The molecule has 0 fully saturated rings. The summed E-state index contributed by atoms with van der Waals surface area (Å²) in [6.07, 6.45) is 6.07. The van der Waals surface area contributed by atoms with Crippen LogP contribution in [0.4, 0.5) is 10.2 Å². The summed E-state index contributed by atoms with van der Waals surface area (Å²) in [5, 5.41) is 0.694. The molecule has 1 aromatic heterocycles. The van der Waals surface area contributed by atoms with Crippen LogP contribution in [0, 0.1) is 18.2 Å². The van der Waals surface area contributed by atoms with Crippen molar-refractivity contribution in [2.24, 2.45) is 0 Å². The molecule has 2 nitrogen and oxygen atoms in total. The van der Waals surface area contributed by atoms with Crippen molar-refractivity contribution in [1.82, 2.24) is 4.98 Å². The molecule has 1 aromatic carbocycles. The predicted octanol–water partition coefficient (Wildman–Crippen LogP) is 3.53. The third-order valence-electron chi connectivity index (χ3n) is 2.55. The summed E-state index contributed by atoms with van der Waals surface area (Å²) in [7, 11) is 0. The minimum absolute atomic E-state index is 0.266. The van der Waals surface area contributed by atoms with Crippen molar-refractivity contribution in [2.75, 3.05) is 5.73 Å². The number of nitrogens with two attached hydrogens (primary N) is 1. The lowest BCUT2D eigenvalue weighted by Gasteiger charge is -2.08. The fourth-order valence-corrected chi connectivity index (χ4v) is 1.83. The molecule has 94 valence electrons. The Morgan fingerprint density at radius 1 is 1.39 bits per heavy atom. The van der Waals surface area contributed by atoms with Gasteiger partial charge in [0.15, 0.2) is 0 Å². The first kappa shape index (κ1) is 14.0. The molecule has 0 radical (unpaired) electrons. The lowest BCUT2D eigenvalue weighted by molar-refractivity contribution is 0.626. The zero-order chi connectivity index (χ0) is 13.7. The highest BCUT2D eigenvalue weighted by atomic mass is 19.1. The molecule has 2 rings (SSSR count). The van der Waals surface area contributed by atoms with Crippen LogP contribution < -0.4 is 5.73 Å². The standard InChI is InChI=1S/C13H11FN2.C2H6/c1-3-8-7-12(15)16-11-6-5-10(14)9(4-2)13(8)11;1-2/h2,5-7H,3H2,1H3,(H2,15,16);1-2H3. The van der Waals surface area contributed by atoms with Gasteiger partial charge in [0.25, 0.3) is 0 Å². The van der Waals surface area contributed by atoms with Crippen molar-refractivity contribution < 1.29 is 4.39 Å². The second-order valence-corrected chi connectivity index (χ2v) is 3.52. The van der Waals surface area contributed by atoms with Crippen LogP contribution in [0.5, 0.6) is 0 Å². The molecule has 0 amide bonds. The van der Waals surface area contributed by atoms with E-state index in [-0.39, 0.29) is 5.56 Å². The Hall–Kier alpha value is -2.08. The van der Waals surface area contributed by atoms with E-state index in [0.717, 1.165) is 12.0 Å². The molecule has 0 bridgehead atoms. The quantitative estimate of drug-likeness (QED) is 0.779. The number of rotatable bonds is 1. The van der Waals surface area contributed by atoms with E-state index in [2.05, 4.69) is 10.9 Å². The van der Waals surface area contributed by atoms with Gasteiger partial charge in [0, 0.05) is 5.39 Å². The van der Waals surface area contributed by atoms with Crippen molar-refractivity contribution in [3.63, 3.8) is 0 Å². The summed E-state index contributed by atoms with van der Waals surface area (Å²) in [5.41, 5.74) is 7.51. The van der Waals surface area contributed by atoms with Gasteiger partial charge in [0.1, 0.15) is 11.6 Å². The van der Waals surface area contributed by atoms with E-state index in [4.69, 9.17) is 12.2 Å². The van der Waals surface area contributed by atoms with Gasteiger partial charge in [-0.25, -0.2) is 9.37 Å². The van der Waals surface area contributed by atoms with Gasteiger partial charge in [-0.05, 0) is 30.2 Å². The topological polar surface area (TPSA) is 38.9 Å². The Kier molecular flexibility index (Phi) is 4.67. The number of hydrogen-bond acceptors (Lipinski definition) is 2. The van der Waals surface area contributed by atoms with Gasteiger partial charge in [-0.3, -0.25) is 0 Å². The number of anilines is 1. The number of nitrogen functional groups attached to an aromatic ring is 1. The van der Waals surface area contributed by atoms with E-state index in [1.807, 2.05) is 20.8 Å². The van der Waals surface area contributed by atoms with Crippen LogP contribution in [0.3, 0.4) is 0 Å². The molecule has 0 saturated carbocycles. The van der Waals surface area contributed by atoms with E-state index >= 15 is 0 Å². The molecule has 1 heterocycles. The van der Waals surface area contributed by atoms with Crippen LogP contribution in [-0.2, 0) is 6.42 Å². The molecule has 18 heavy (non-hydrogen) atoms. The maximum atomic E-state index is 13.5. The third-order valence-corrected chi connectivity index (χ3v) is 2.55. The van der Waals surface area contributed by atoms with Crippen molar-refractivity contribution in [2.45, 2.75) is 27.2 Å². The van der Waals surface area contributed by atoms with Gasteiger partial charge in [0.05, 0.1) is 11.1 Å². The summed E-state index contributed by atoms with van der Waals surface area (Å²) >= 11 is 0. The lowest BCUT2D eigenvalue weighted by atomic mass is 10.0. The molecular weight excluding hydrogens is 227 g/mol. The maximum Gasteiger partial charge on any atom is 0.139 e. The van der Waals surface area contributed by atoms with Crippen molar-refractivity contribution in [3.05, 3.63) is 35.1 Å². The van der Waals surface area contributed by atoms with E-state index < -0.39 is 5.82 Å². The first-order valence-corrected chi connectivity index (χ1v) is 6.01. The van der Waals surface area contributed by atoms with E-state index in [9.17, 15) is 4.39 Å². The second kappa shape index (κ2) is 6.02. The molecule has 3 heteroatoms. The normalized spacial score (nSPS) is 9.50. The largest absolute Gasteiger partial charge is 0.384 e. The number of halogens is 1. The Morgan fingerprint density at radius 3 is 2.61 bits per heavy atom. The first-order valence-electron chi connectivity index (χ1n) is 6.01. The molecule has 2 N–H and O–H groups in total. The van der Waals surface area contributed by atoms with E-state index in [1.165, 1.54) is 6.07 Å². The Labute approximate surface area is 107 Å². The Morgan fingerprint density at radius 2 is 2.06 bits per heavy atom. The molecule has 0 atom stereocenters. The molecule has 0 saturated heterocycles. The van der Waals surface area contributed by atoms with E-state index in [1.54, 1.807) is 12.1 Å². The summed E-state index contributed by atoms with van der Waals surface area (Å²) in [6, 6.07) is 4.66. The van der Waals surface area contributed by atoms with Crippen LogP contribution >= 0.6 is 0 Å². The summed E-state index contributed by atoms with van der Waals surface area (Å²) in [4.78, 5) is 4.15. The maximum absolute atomic E-state index is 13.5. The number of aromatic nitrogens is 1. The predicted molar refractivity (Wildman–Crippen MR) is 74.8 cm³/mol. The van der Waals surface area contributed by atoms with Gasteiger partial charge >= 0.3 is 0 Å². The Bertz CT molecular complexity index is 597. The molecule has 0 aliphatic heterocycles. The van der Waals surface area contributed by atoms with Crippen molar-refractivity contribution >= 4 is 16.7 Å². The minimum atomic E-state index is -0.392. The van der Waals surface area contributed by atoms with Gasteiger partial charge in [-0.1, -0.05) is 26.7 Å². The fraction of sp³-hybridized carbons (Fsp3) is 0.267. The number of aryl methyl sites for hydroxylation is 1. The SMILES string of the molecule is C#Cc1c(F)ccc2nc(N)cc(CC)c12.CC. The average Bonchev–Trinajstić information content (AvgIpc) is 2.40. The van der Waals surface area contributed by atoms with Crippen LogP contribution in [0.15, 0.2) is 18.2 Å². The highest BCUT2D eigenvalue weighted by Crippen LogP contribution is 2.25. The molecule has 2 aromatic rings. The second-order valence-electron chi connectivity index (χ2n) is 3.52. The smallest absolute Gasteiger partial charge is 0.139 e. The number of fused-ring (bicyclic) bond motifs is 1. The zero-order valence-electron chi connectivity index (χ0n) is 10.9. The van der Waals surface area contributed by atoms with Crippen molar-refractivity contribution in [3.8, 4) is 12.3 Å². The highest BCUT2D eigenvalue weighted by molar-refractivity contribution is 5.89. The first-order chi connectivity index (χ1) is 8.67. The number of hydrogen-bond donors (Lipinski definition) is 1. The lowest BCUT2D eigenvalue weighted by Crippen LogP contribution is -1.98. The Balaban J connectivity index is 0.000000771. The summed E-state index contributed by atoms with van der Waals surface area (Å²) in [5.74, 6) is 2.41. The van der Waals surface area contributed by atoms with Gasteiger partial charge in [-0.15, -0.1) is 6.42 Å². The molecule has 0 aliphatic rings.